The highest BCUT2D eigenvalue weighted by molar-refractivity contribution is 4.92. The van der Waals surface area contributed by atoms with Crippen molar-refractivity contribution in [2.75, 3.05) is 0 Å². The van der Waals surface area contributed by atoms with Crippen molar-refractivity contribution in [2.45, 2.75) is 65.5 Å². The quantitative estimate of drug-likeness (QED) is 0.881. The minimum Gasteiger partial charge on any atom is -0.337 e. The first-order valence-corrected chi connectivity index (χ1v) is 7.72. The molecule has 19 heavy (non-hydrogen) atoms. The van der Waals surface area contributed by atoms with Crippen LogP contribution < -0.4 is 5.32 Å². The molecule has 0 saturated heterocycles. The molecule has 0 radical (unpaired) electrons. The molecule has 1 aromatic rings. The SMILES string of the molecule is CCC(C)(C)C1CCC(NCc2nccn2C)CC1. The maximum atomic E-state index is 4.37. The Bertz CT molecular complexity index is 386. The van der Waals surface area contributed by atoms with E-state index in [0.29, 0.717) is 11.5 Å². The van der Waals surface area contributed by atoms with Crippen LogP contribution in [0.2, 0.25) is 0 Å². The zero-order valence-electron chi connectivity index (χ0n) is 12.9. The molecule has 1 heterocycles. The van der Waals surface area contributed by atoms with E-state index in [9.17, 15) is 0 Å². The summed E-state index contributed by atoms with van der Waals surface area (Å²) in [5.41, 5.74) is 0.518. The molecule has 0 atom stereocenters. The van der Waals surface area contributed by atoms with E-state index in [0.717, 1.165) is 18.3 Å². The Morgan fingerprint density at radius 1 is 1.32 bits per heavy atom. The first kappa shape index (κ1) is 14.6. The molecule has 1 aliphatic rings. The molecule has 1 fully saturated rings. The van der Waals surface area contributed by atoms with Gasteiger partial charge in [-0.3, -0.25) is 0 Å². The van der Waals surface area contributed by atoms with Gasteiger partial charge in [-0.25, -0.2) is 4.98 Å². The van der Waals surface area contributed by atoms with E-state index in [1.54, 1.807) is 0 Å². The van der Waals surface area contributed by atoms with E-state index in [-0.39, 0.29) is 0 Å². The van der Waals surface area contributed by atoms with Crippen molar-refractivity contribution in [3.63, 3.8) is 0 Å². The largest absolute Gasteiger partial charge is 0.337 e. The number of aromatic nitrogens is 2. The first-order valence-electron chi connectivity index (χ1n) is 7.72. The molecule has 0 amide bonds. The zero-order chi connectivity index (χ0) is 13.9. The molecule has 0 aromatic carbocycles. The summed E-state index contributed by atoms with van der Waals surface area (Å²) in [6, 6.07) is 0.681. The second kappa shape index (κ2) is 6.08. The van der Waals surface area contributed by atoms with E-state index in [4.69, 9.17) is 0 Å². The molecule has 0 aliphatic heterocycles. The fourth-order valence-corrected chi connectivity index (χ4v) is 3.17. The second-order valence-electron chi connectivity index (χ2n) is 6.73. The van der Waals surface area contributed by atoms with Crippen LogP contribution in [0.15, 0.2) is 12.4 Å². The Morgan fingerprint density at radius 2 is 2.00 bits per heavy atom. The summed E-state index contributed by atoms with van der Waals surface area (Å²) >= 11 is 0. The van der Waals surface area contributed by atoms with Crippen LogP contribution in [-0.4, -0.2) is 15.6 Å². The number of rotatable bonds is 5. The van der Waals surface area contributed by atoms with E-state index in [1.807, 2.05) is 12.4 Å². The Balaban J connectivity index is 1.76. The van der Waals surface area contributed by atoms with Gasteiger partial charge in [0.2, 0.25) is 0 Å². The van der Waals surface area contributed by atoms with Gasteiger partial charge in [0, 0.05) is 25.5 Å². The minimum atomic E-state index is 0.518. The van der Waals surface area contributed by atoms with Gasteiger partial charge in [-0.15, -0.1) is 0 Å². The predicted molar refractivity (Wildman–Crippen MR) is 79.9 cm³/mol. The molecule has 3 nitrogen and oxygen atoms in total. The molecule has 1 N–H and O–H groups in total. The van der Waals surface area contributed by atoms with Crippen molar-refractivity contribution in [1.29, 1.82) is 0 Å². The lowest BCUT2D eigenvalue weighted by molar-refractivity contribution is 0.136. The molecular formula is C16H29N3. The van der Waals surface area contributed by atoms with Gasteiger partial charge in [0.1, 0.15) is 5.82 Å². The van der Waals surface area contributed by atoms with Crippen LogP contribution in [0.25, 0.3) is 0 Å². The molecule has 3 heteroatoms. The van der Waals surface area contributed by atoms with E-state index in [1.165, 1.54) is 32.1 Å². The smallest absolute Gasteiger partial charge is 0.122 e. The van der Waals surface area contributed by atoms with E-state index < -0.39 is 0 Å². The molecule has 1 aliphatic carbocycles. The number of hydrogen-bond acceptors (Lipinski definition) is 2. The molecule has 1 saturated carbocycles. The highest BCUT2D eigenvalue weighted by Gasteiger charge is 2.31. The third-order valence-corrected chi connectivity index (χ3v) is 5.21. The summed E-state index contributed by atoms with van der Waals surface area (Å²) in [5, 5.41) is 3.67. The fraction of sp³-hybridized carbons (Fsp3) is 0.812. The van der Waals surface area contributed by atoms with Gasteiger partial charge in [-0.2, -0.15) is 0 Å². The van der Waals surface area contributed by atoms with Gasteiger partial charge in [0.05, 0.1) is 6.54 Å². The highest BCUT2D eigenvalue weighted by atomic mass is 15.1. The van der Waals surface area contributed by atoms with Crippen LogP contribution in [0, 0.1) is 11.3 Å². The van der Waals surface area contributed by atoms with Crippen molar-refractivity contribution in [2.24, 2.45) is 18.4 Å². The Kier molecular flexibility index (Phi) is 4.67. The van der Waals surface area contributed by atoms with Crippen LogP contribution in [0.5, 0.6) is 0 Å². The Labute approximate surface area is 117 Å². The summed E-state index contributed by atoms with van der Waals surface area (Å²) in [5.74, 6) is 2.04. The normalized spacial score (nSPS) is 24.6. The summed E-state index contributed by atoms with van der Waals surface area (Å²) in [6.45, 7) is 8.08. The average molecular weight is 263 g/mol. The number of nitrogens with zero attached hydrogens (tertiary/aromatic N) is 2. The standard InChI is InChI=1S/C16H29N3/c1-5-16(2,3)13-6-8-14(9-7-13)18-12-15-17-10-11-19(15)4/h10-11,13-14,18H,5-9,12H2,1-4H3. The van der Waals surface area contributed by atoms with Gasteiger partial charge in [-0.05, 0) is 37.0 Å². The van der Waals surface area contributed by atoms with Crippen molar-refractivity contribution in [1.82, 2.24) is 14.9 Å². The summed E-state index contributed by atoms with van der Waals surface area (Å²) < 4.78 is 2.10. The molecular weight excluding hydrogens is 234 g/mol. The fourth-order valence-electron chi connectivity index (χ4n) is 3.17. The summed E-state index contributed by atoms with van der Waals surface area (Å²) in [4.78, 5) is 4.37. The van der Waals surface area contributed by atoms with Gasteiger partial charge in [0.15, 0.2) is 0 Å². The average Bonchev–Trinajstić information content (AvgIpc) is 2.82. The van der Waals surface area contributed by atoms with Gasteiger partial charge >= 0.3 is 0 Å². The summed E-state index contributed by atoms with van der Waals surface area (Å²) in [7, 11) is 2.06. The van der Waals surface area contributed by atoms with E-state index >= 15 is 0 Å². The number of imidazole rings is 1. The molecule has 0 unspecified atom stereocenters. The van der Waals surface area contributed by atoms with Gasteiger partial charge in [0.25, 0.3) is 0 Å². The lowest BCUT2D eigenvalue weighted by Gasteiger charge is -2.39. The third-order valence-electron chi connectivity index (χ3n) is 5.21. The molecule has 0 spiro atoms. The third kappa shape index (κ3) is 3.59. The predicted octanol–water partition coefficient (Wildman–Crippen LogP) is 3.50. The molecule has 1 aromatic heterocycles. The van der Waals surface area contributed by atoms with Crippen molar-refractivity contribution >= 4 is 0 Å². The van der Waals surface area contributed by atoms with Crippen LogP contribution in [0.1, 0.15) is 58.7 Å². The van der Waals surface area contributed by atoms with Crippen molar-refractivity contribution in [3.05, 3.63) is 18.2 Å². The van der Waals surface area contributed by atoms with Crippen molar-refractivity contribution in [3.8, 4) is 0 Å². The minimum absolute atomic E-state index is 0.518. The number of hydrogen-bond donors (Lipinski definition) is 1. The van der Waals surface area contributed by atoms with Crippen LogP contribution in [0.4, 0.5) is 0 Å². The van der Waals surface area contributed by atoms with Crippen LogP contribution >= 0.6 is 0 Å². The number of nitrogens with one attached hydrogen (secondary N) is 1. The monoisotopic (exact) mass is 263 g/mol. The van der Waals surface area contributed by atoms with Gasteiger partial charge in [-0.1, -0.05) is 27.2 Å². The topological polar surface area (TPSA) is 29.9 Å². The Hall–Kier alpha value is -0.830. The first-order chi connectivity index (χ1) is 9.03. The maximum absolute atomic E-state index is 4.37. The van der Waals surface area contributed by atoms with Crippen molar-refractivity contribution < 1.29 is 0 Å². The van der Waals surface area contributed by atoms with Crippen LogP contribution in [0.3, 0.4) is 0 Å². The second-order valence-corrected chi connectivity index (χ2v) is 6.73. The van der Waals surface area contributed by atoms with Crippen LogP contribution in [-0.2, 0) is 13.6 Å². The maximum Gasteiger partial charge on any atom is 0.122 e. The molecule has 0 bridgehead atoms. The molecule has 108 valence electrons. The summed E-state index contributed by atoms with van der Waals surface area (Å²) in [6.07, 6.45) is 10.6. The lowest BCUT2D eigenvalue weighted by atomic mass is 9.69. The highest BCUT2D eigenvalue weighted by Crippen LogP contribution is 2.40. The lowest BCUT2D eigenvalue weighted by Crippen LogP contribution is -2.36. The zero-order valence-corrected chi connectivity index (χ0v) is 12.9. The van der Waals surface area contributed by atoms with Gasteiger partial charge < -0.3 is 9.88 Å². The molecule has 2 rings (SSSR count). The number of aryl methyl sites for hydroxylation is 1. The van der Waals surface area contributed by atoms with E-state index in [2.05, 4.69) is 42.7 Å². The Morgan fingerprint density at radius 3 is 2.53 bits per heavy atom.